The normalized spacial score (nSPS) is 10.3. The van der Waals surface area contributed by atoms with Crippen molar-refractivity contribution < 1.29 is 47.2 Å². The predicted octanol–water partition coefficient (Wildman–Crippen LogP) is -4.84. The molecule has 0 aromatic carbocycles. The van der Waals surface area contributed by atoms with Gasteiger partial charge in [0.1, 0.15) is 0 Å². The number of carbonyl (C=O) groups is 1. The van der Waals surface area contributed by atoms with Gasteiger partial charge in [0.2, 0.25) is 0 Å². The van der Waals surface area contributed by atoms with Crippen LogP contribution in [0.15, 0.2) is 0 Å². The molecule has 0 bridgehead atoms. The Kier molecular flexibility index (Phi) is 6.67. The molecule has 0 aliphatic rings. The van der Waals surface area contributed by atoms with Gasteiger partial charge in [-0.1, -0.05) is 0 Å². The summed E-state index contributed by atoms with van der Waals surface area (Å²) < 4.78 is 4.92. The zero-order valence-electron chi connectivity index (χ0n) is 6.20. The van der Waals surface area contributed by atoms with Crippen molar-refractivity contribution in [3.63, 3.8) is 0 Å². The number of hydrogen-bond donors (Lipinski definition) is 1. The standard InChI is InChI=1S/C7H6I3NO/c1-4-9-7(3,10-5-2)11-6(8)12/h1-2H,3H3,(H,11,12)/q-2. The van der Waals surface area contributed by atoms with Gasteiger partial charge >= 0.3 is 108 Å². The van der Waals surface area contributed by atoms with Gasteiger partial charge in [-0.25, -0.2) is 0 Å². The van der Waals surface area contributed by atoms with Gasteiger partial charge in [-0.3, -0.25) is 0 Å². The molecule has 0 aliphatic heterocycles. The van der Waals surface area contributed by atoms with Crippen LogP contribution in [0.1, 0.15) is 6.92 Å². The molecule has 1 amide bonds. The molecule has 0 aromatic heterocycles. The molecule has 68 valence electrons. The van der Waals surface area contributed by atoms with Crippen molar-refractivity contribution in [2.75, 3.05) is 0 Å². The van der Waals surface area contributed by atoms with Crippen molar-refractivity contribution in [1.82, 2.24) is 5.32 Å². The van der Waals surface area contributed by atoms with E-state index in [-0.39, 0.29) is 5.47 Å². The average molecular weight is 501 g/mol. The van der Waals surface area contributed by atoms with Crippen LogP contribution in [0, 0.1) is 20.7 Å². The summed E-state index contributed by atoms with van der Waals surface area (Å²) in [6.07, 6.45) is 10.4. The zero-order valence-corrected chi connectivity index (χ0v) is 12.7. The zero-order chi connectivity index (χ0) is 9.61. The number of halogens is 3. The summed E-state index contributed by atoms with van der Waals surface area (Å²) in [6, 6.07) is 0. The van der Waals surface area contributed by atoms with E-state index in [0.717, 1.165) is 0 Å². The molecule has 0 radical (unpaired) electrons. The molecule has 0 atom stereocenters. The summed E-state index contributed by atoms with van der Waals surface area (Å²) in [6.45, 7) is 1.93. The third-order valence-corrected chi connectivity index (χ3v) is 6.97. The van der Waals surface area contributed by atoms with E-state index in [1.807, 2.05) is 6.92 Å². The Bertz CT molecular complexity index is 234. The topological polar surface area (TPSA) is 29.1 Å². The second kappa shape index (κ2) is 6.27. The molecule has 12 heavy (non-hydrogen) atoms. The second-order valence-electron chi connectivity index (χ2n) is 1.69. The molecule has 0 spiro atoms. The van der Waals surface area contributed by atoms with Crippen molar-refractivity contribution in [3.05, 3.63) is 0 Å². The minimum absolute atomic E-state index is 0.0833. The molecule has 5 heteroatoms. The molecule has 0 aromatic rings. The molecule has 0 rings (SSSR count). The first-order valence-electron chi connectivity index (χ1n) is 2.73. The van der Waals surface area contributed by atoms with Crippen molar-refractivity contribution in [2.24, 2.45) is 0 Å². The van der Waals surface area contributed by atoms with E-state index in [2.05, 4.69) is 13.2 Å². The van der Waals surface area contributed by atoms with E-state index in [4.69, 9.17) is 12.8 Å². The van der Waals surface area contributed by atoms with E-state index in [9.17, 15) is 4.79 Å². The van der Waals surface area contributed by atoms with Crippen molar-refractivity contribution >= 4 is 26.5 Å². The quantitative estimate of drug-likeness (QED) is 0.136. The van der Waals surface area contributed by atoms with Gasteiger partial charge in [0.15, 0.2) is 0 Å². The first-order chi connectivity index (χ1) is 5.54. The van der Waals surface area contributed by atoms with Gasteiger partial charge < -0.3 is 0 Å². The van der Waals surface area contributed by atoms with Crippen molar-refractivity contribution in [1.29, 1.82) is 0 Å². The van der Waals surface area contributed by atoms with Crippen LogP contribution >= 0.6 is 22.6 Å². The number of rotatable bonds is 3. The van der Waals surface area contributed by atoms with E-state index in [1.165, 1.54) is 0 Å². The molecule has 0 fully saturated rings. The molecule has 2 nitrogen and oxygen atoms in total. The number of hydrogen-bond acceptors (Lipinski definition) is 1. The molecule has 0 aliphatic carbocycles. The summed E-state index contributed by atoms with van der Waals surface area (Å²) in [7, 11) is 0. The van der Waals surface area contributed by atoms with E-state index in [1.54, 1.807) is 22.6 Å². The second-order valence-corrected chi connectivity index (χ2v) is 11.4. The van der Waals surface area contributed by atoms with Crippen LogP contribution < -0.4 is 47.7 Å². The molecule has 1 N–H and O–H groups in total. The van der Waals surface area contributed by atoms with Crippen molar-refractivity contribution in [2.45, 2.75) is 8.48 Å². The van der Waals surface area contributed by atoms with Crippen LogP contribution in [0.4, 0.5) is 4.79 Å². The fraction of sp³-hybridized carbons (Fsp3) is 0.286. The summed E-state index contributed by atoms with van der Waals surface area (Å²) in [5.74, 6) is 0. The van der Waals surface area contributed by atoms with E-state index < -0.39 is 42.4 Å². The van der Waals surface area contributed by atoms with Gasteiger partial charge in [-0.15, -0.1) is 0 Å². The summed E-state index contributed by atoms with van der Waals surface area (Å²) >= 11 is 0.767. The van der Waals surface area contributed by atoms with Crippen LogP contribution in [-0.4, -0.2) is 5.47 Å². The van der Waals surface area contributed by atoms with Gasteiger partial charge in [0, 0.05) is 0 Å². The van der Waals surface area contributed by atoms with E-state index in [0.29, 0.717) is 0 Å². The fourth-order valence-electron chi connectivity index (χ4n) is 0.443. The summed E-state index contributed by atoms with van der Waals surface area (Å²) in [5, 5.41) is 2.82. The Labute approximate surface area is 107 Å². The first-order valence-corrected chi connectivity index (χ1v) is 8.12. The first kappa shape index (κ1) is 12.8. The Hall–Kier alpha value is 0.780. The van der Waals surface area contributed by atoms with Gasteiger partial charge in [0.05, 0.1) is 0 Å². The monoisotopic (exact) mass is 501 g/mol. The average Bonchev–Trinajstić information content (AvgIpc) is 1.85. The number of nitrogens with one attached hydrogen (secondary N) is 1. The van der Waals surface area contributed by atoms with E-state index >= 15 is 0 Å². The van der Waals surface area contributed by atoms with Crippen LogP contribution in [0.2, 0.25) is 0 Å². The number of alkyl halides is 2. The number of carbonyl (C=O) groups excluding carboxylic acids is 1. The number of amides is 1. The number of terminal acetylenes is 2. The molecular weight excluding hydrogens is 495 g/mol. The molecular formula is C7H6I3NO-2. The third-order valence-electron chi connectivity index (χ3n) is 0.782. The molecule has 0 saturated carbocycles. The van der Waals surface area contributed by atoms with Gasteiger partial charge in [0.25, 0.3) is 0 Å². The predicted molar refractivity (Wildman–Crippen MR) is 48.6 cm³/mol. The Morgan fingerprint density at radius 2 is 1.92 bits per heavy atom. The molecule has 0 saturated heterocycles. The summed E-state index contributed by atoms with van der Waals surface area (Å²) in [4.78, 5) is 10.8. The molecule has 0 unspecified atom stereocenters. The molecule has 0 heterocycles. The maximum absolute atomic E-state index is 10.8. The Morgan fingerprint density at radius 1 is 1.50 bits per heavy atom. The maximum atomic E-state index is 10.8. The fourth-order valence-corrected chi connectivity index (χ4v) is 6.31. The minimum atomic E-state index is -0.464. The SMILES string of the molecule is C#C[I-]C(C)(NC(=O)I)[I-]C#C. The van der Waals surface area contributed by atoms with Crippen LogP contribution in [0.5, 0.6) is 0 Å². The van der Waals surface area contributed by atoms with Gasteiger partial charge in [-0.05, 0) is 0 Å². The van der Waals surface area contributed by atoms with Crippen LogP contribution in [0.25, 0.3) is 0 Å². The van der Waals surface area contributed by atoms with Gasteiger partial charge in [-0.2, -0.15) is 0 Å². The van der Waals surface area contributed by atoms with Crippen LogP contribution in [0.3, 0.4) is 0 Å². The van der Waals surface area contributed by atoms with Crippen molar-refractivity contribution in [3.8, 4) is 20.7 Å². The summed E-state index contributed by atoms with van der Waals surface area (Å²) in [5.41, 5.74) is 0. The Morgan fingerprint density at radius 3 is 2.17 bits per heavy atom. The van der Waals surface area contributed by atoms with Crippen LogP contribution in [-0.2, 0) is 0 Å². The third kappa shape index (κ3) is 5.43. The Balaban J connectivity index is 4.31.